The third-order valence-electron chi connectivity index (χ3n) is 6.72. The van der Waals surface area contributed by atoms with Crippen molar-refractivity contribution in [1.29, 1.82) is 0 Å². The highest BCUT2D eigenvalue weighted by Crippen LogP contribution is 2.35. The van der Waals surface area contributed by atoms with Crippen LogP contribution in [0.3, 0.4) is 0 Å². The third kappa shape index (κ3) is 6.67. The lowest BCUT2D eigenvalue weighted by molar-refractivity contribution is 0.0370. The number of hydrogen-bond acceptors (Lipinski definition) is 2. The molecule has 142 valence electrons. The largest absolute Gasteiger partial charge is 0.389 e. The molecule has 1 N–H and O–H groups in total. The lowest BCUT2D eigenvalue weighted by Gasteiger charge is -2.32. The Balaban J connectivity index is 1.74. The predicted molar refractivity (Wildman–Crippen MR) is 104 cm³/mol. The van der Waals surface area contributed by atoms with Gasteiger partial charge in [-0.1, -0.05) is 84.5 Å². The number of aliphatic hydroxyl groups is 1. The van der Waals surface area contributed by atoms with Gasteiger partial charge < -0.3 is 10.0 Å². The van der Waals surface area contributed by atoms with Crippen LogP contribution in [0.5, 0.6) is 0 Å². The summed E-state index contributed by atoms with van der Waals surface area (Å²) in [5.74, 6) is 1.94. The average Bonchev–Trinajstić information content (AvgIpc) is 2.97. The quantitative estimate of drug-likeness (QED) is 0.483. The van der Waals surface area contributed by atoms with Gasteiger partial charge in [-0.05, 0) is 37.6 Å². The number of hydrogen-bond donors (Lipinski definition) is 1. The van der Waals surface area contributed by atoms with Gasteiger partial charge in [0.25, 0.3) is 0 Å². The van der Waals surface area contributed by atoms with E-state index in [0.717, 1.165) is 37.8 Å². The molecule has 1 aliphatic carbocycles. The Bertz CT molecular complexity index is 326. The summed E-state index contributed by atoms with van der Waals surface area (Å²) in [5, 5.41) is 10.8. The molecule has 0 aromatic carbocycles. The molecular weight excluding hydrogens is 294 g/mol. The first kappa shape index (κ1) is 20.2. The van der Waals surface area contributed by atoms with Crippen molar-refractivity contribution in [3.8, 4) is 0 Å². The van der Waals surface area contributed by atoms with Gasteiger partial charge in [0, 0.05) is 13.1 Å². The molecule has 1 saturated heterocycles. The van der Waals surface area contributed by atoms with Gasteiger partial charge >= 0.3 is 0 Å². The van der Waals surface area contributed by atoms with Crippen LogP contribution in [-0.2, 0) is 0 Å². The Morgan fingerprint density at radius 2 is 1.75 bits per heavy atom. The molecule has 2 fully saturated rings. The minimum Gasteiger partial charge on any atom is -0.389 e. The highest BCUT2D eigenvalue weighted by atomic mass is 16.3. The van der Waals surface area contributed by atoms with E-state index < -0.39 is 0 Å². The molecule has 24 heavy (non-hydrogen) atoms. The maximum atomic E-state index is 10.8. The van der Waals surface area contributed by atoms with E-state index in [4.69, 9.17) is 0 Å². The minimum absolute atomic E-state index is 0.376. The van der Waals surface area contributed by atoms with Gasteiger partial charge in [-0.2, -0.15) is 0 Å². The summed E-state index contributed by atoms with van der Waals surface area (Å²) in [5.41, 5.74) is -0.376. The highest BCUT2D eigenvalue weighted by molar-refractivity contribution is 4.90. The second-order valence-corrected chi connectivity index (χ2v) is 8.80. The second-order valence-electron chi connectivity index (χ2n) is 8.80. The lowest BCUT2D eigenvalue weighted by atomic mass is 9.76. The van der Waals surface area contributed by atoms with Gasteiger partial charge in [0.1, 0.15) is 0 Å². The Hall–Kier alpha value is -0.0800. The molecule has 0 aromatic rings. The monoisotopic (exact) mass is 337 g/mol. The molecule has 2 heteroatoms. The molecule has 2 atom stereocenters. The summed E-state index contributed by atoms with van der Waals surface area (Å²) in [6, 6.07) is 0. The van der Waals surface area contributed by atoms with E-state index in [0.29, 0.717) is 0 Å². The van der Waals surface area contributed by atoms with Crippen LogP contribution in [-0.4, -0.2) is 35.2 Å². The van der Waals surface area contributed by atoms with E-state index in [1.807, 2.05) is 0 Å². The van der Waals surface area contributed by atoms with Gasteiger partial charge in [-0.15, -0.1) is 0 Å². The summed E-state index contributed by atoms with van der Waals surface area (Å²) >= 11 is 0. The zero-order valence-electron chi connectivity index (χ0n) is 16.6. The van der Waals surface area contributed by atoms with Crippen molar-refractivity contribution in [2.24, 2.45) is 11.8 Å². The van der Waals surface area contributed by atoms with Gasteiger partial charge in [0.15, 0.2) is 0 Å². The normalized spacial score (nSPS) is 27.6. The number of likely N-dealkylation sites (tertiary alicyclic amines) is 1. The van der Waals surface area contributed by atoms with E-state index in [-0.39, 0.29) is 5.60 Å². The topological polar surface area (TPSA) is 23.5 Å². The first-order chi connectivity index (χ1) is 11.7. The van der Waals surface area contributed by atoms with Crippen molar-refractivity contribution < 1.29 is 5.11 Å². The molecule has 1 saturated carbocycles. The van der Waals surface area contributed by atoms with Gasteiger partial charge in [0.2, 0.25) is 0 Å². The fraction of sp³-hybridized carbons (Fsp3) is 1.00. The van der Waals surface area contributed by atoms with Crippen molar-refractivity contribution in [1.82, 2.24) is 4.90 Å². The maximum Gasteiger partial charge on any atom is 0.0786 e. The van der Waals surface area contributed by atoms with Gasteiger partial charge in [-0.25, -0.2) is 0 Å². The van der Waals surface area contributed by atoms with E-state index in [1.54, 1.807) is 0 Å². The molecule has 0 radical (unpaired) electrons. The fourth-order valence-corrected chi connectivity index (χ4v) is 5.08. The molecule has 2 unspecified atom stereocenters. The van der Waals surface area contributed by atoms with Gasteiger partial charge in [0.05, 0.1) is 5.60 Å². The van der Waals surface area contributed by atoms with E-state index >= 15 is 0 Å². The number of rotatable bonds is 11. The Morgan fingerprint density at radius 1 is 1.00 bits per heavy atom. The summed E-state index contributed by atoms with van der Waals surface area (Å²) in [7, 11) is 0. The first-order valence-corrected chi connectivity index (χ1v) is 11.1. The van der Waals surface area contributed by atoms with Crippen LogP contribution in [0.4, 0.5) is 0 Å². The number of β-amino-alcohol motifs (C(OH)–C–C–N with tert-alkyl or cyclic N) is 1. The first-order valence-electron chi connectivity index (χ1n) is 11.1. The van der Waals surface area contributed by atoms with Crippen molar-refractivity contribution >= 4 is 0 Å². The van der Waals surface area contributed by atoms with Crippen LogP contribution in [0.15, 0.2) is 0 Å². The third-order valence-corrected chi connectivity index (χ3v) is 6.72. The molecule has 2 rings (SSSR count). The highest BCUT2D eigenvalue weighted by Gasteiger charge is 2.35. The second kappa shape index (κ2) is 10.8. The van der Waals surface area contributed by atoms with E-state index in [9.17, 15) is 5.11 Å². The zero-order chi connectivity index (χ0) is 17.3. The van der Waals surface area contributed by atoms with Crippen molar-refractivity contribution in [2.45, 2.75) is 109 Å². The molecule has 0 amide bonds. The Labute approximate surface area is 151 Å². The van der Waals surface area contributed by atoms with Crippen LogP contribution in [0, 0.1) is 11.8 Å². The SMILES string of the molecule is CCCCCC1(O)CCN(CCC(CCCC)C2CCCCC2)C1. The molecule has 0 aromatic heterocycles. The standard InChI is InChI=1S/C22H43NO/c1-3-5-10-15-22(24)16-18-23(19-22)17-14-21(11-6-4-2)20-12-8-7-9-13-20/h20-21,24H,3-19H2,1-2H3. The Kier molecular flexibility index (Phi) is 9.11. The minimum atomic E-state index is -0.376. The predicted octanol–water partition coefficient (Wildman–Crippen LogP) is 5.78. The van der Waals surface area contributed by atoms with E-state index in [2.05, 4.69) is 18.7 Å². The maximum absolute atomic E-state index is 10.8. The summed E-state index contributed by atoms with van der Waals surface area (Å²) in [4.78, 5) is 2.56. The van der Waals surface area contributed by atoms with Crippen LogP contribution in [0.25, 0.3) is 0 Å². The summed E-state index contributed by atoms with van der Waals surface area (Å²) < 4.78 is 0. The molecular formula is C22H43NO. The fourth-order valence-electron chi connectivity index (χ4n) is 5.08. The van der Waals surface area contributed by atoms with Crippen LogP contribution < -0.4 is 0 Å². The Morgan fingerprint density at radius 3 is 2.46 bits per heavy atom. The summed E-state index contributed by atoms with van der Waals surface area (Å²) in [6.45, 7) is 7.85. The van der Waals surface area contributed by atoms with Crippen molar-refractivity contribution in [2.75, 3.05) is 19.6 Å². The molecule has 1 heterocycles. The lowest BCUT2D eigenvalue weighted by Crippen LogP contribution is -2.34. The number of nitrogens with zero attached hydrogens (tertiary/aromatic N) is 1. The zero-order valence-corrected chi connectivity index (χ0v) is 16.6. The molecule has 2 nitrogen and oxygen atoms in total. The number of unbranched alkanes of at least 4 members (excludes halogenated alkanes) is 3. The van der Waals surface area contributed by atoms with Crippen LogP contribution in [0.1, 0.15) is 104 Å². The van der Waals surface area contributed by atoms with E-state index in [1.165, 1.54) is 83.6 Å². The van der Waals surface area contributed by atoms with Crippen molar-refractivity contribution in [3.05, 3.63) is 0 Å². The molecule has 2 aliphatic rings. The average molecular weight is 338 g/mol. The van der Waals surface area contributed by atoms with Crippen molar-refractivity contribution in [3.63, 3.8) is 0 Å². The van der Waals surface area contributed by atoms with Crippen LogP contribution in [0.2, 0.25) is 0 Å². The molecule has 0 bridgehead atoms. The smallest absolute Gasteiger partial charge is 0.0786 e. The molecule has 0 spiro atoms. The summed E-state index contributed by atoms with van der Waals surface area (Å²) in [6.07, 6.45) is 18.6. The van der Waals surface area contributed by atoms with Gasteiger partial charge in [-0.3, -0.25) is 0 Å². The molecule has 1 aliphatic heterocycles. The van der Waals surface area contributed by atoms with Crippen LogP contribution >= 0.6 is 0 Å².